The van der Waals surface area contributed by atoms with Gasteiger partial charge in [0.15, 0.2) is 5.76 Å². The van der Waals surface area contributed by atoms with Gasteiger partial charge in [-0.15, -0.1) is 0 Å². The van der Waals surface area contributed by atoms with Crippen LogP contribution in [0.1, 0.15) is 64.3 Å². The van der Waals surface area contributed by atoms with Gasteiger partial charge in [0.1, 0.15) is 5.76 Å². The molecule has 0 bridgehead atoms. The normalized spacial score (nSPS) is 24.6. The third-order valence-electron chi connectivity index (χ3n) is 5.85. The van der Waals surface area contributed by atoms with E-state index in [1.54, 1.807) is 13.1 Å². The molecule has 2 aromatic rings. The third-order valence-corrected chi connectivity index (χ3v) is 5.85. The summed E-state index contributed by atoms with van der Waals surface area (Å²) in [5.74, 6) is 1.41. The van der Waals surface area contributed by atoms with E-state index in [-0.39, 0.29) is 29.5 Å². The third kappa shape index (κ3) is 2.91. The summed E-state index contributed by atoms with van der Waals surface area (Å²) in [5.41, 5.74) is 1.51. The molecule has 5 nitrogen and oxygen atoms in total. The second kappa shape index (κ2) is 6.63. The quantitative estimate of drug-likeness (QED) is 0.867. The van der Waals surface area contributed by atoms with Crippen molar-refractivity contribution in [3.63, 3.8) is 0 Å². The maximum atomic E-state index is 12.9. The van der Waals surface area contributed by atoms with Crippen LogP contribution in [0.5, 0.6) is 0 Å². The molecule has 1 heterocycles. The van der Waals surface area contributed by atoms with Crippen LogP contribution < -0.4 is 10.6 Å². The molecule has 26 heavy (non-hydrogen) atoms. The van der Waals surface area contributed by atoms with Crippen LogP contribution in [0.15, 0.2) is 40.8 Å². The average Bonchev–Trinajstić information content (AvgIpc) is 3.07. The van der Waals surface area contributed by atoms with E-state index in [2.05, 4.69) is 10.6 Å². The van der Waals surface area contributed by atoms with E-state index in [0.29, 0.717) is 23.2 Å². The average molecular weight is 352 g/mol. The molecule has 5 heteroatoms. The number of carbonyl (C=O) groups excluding carboxylic acids is 2. The smallest absolute Gasteiger partial charge is 0.286 e. The molecule has 2 saturated carbocycles. The maximum absolute atomic E-state index is 12.9. The summed E-state index contributed by atoms with van der Waals surface area (Å²) in [4.78, 5) is 24.9. The van der Waals surface area contributed by atoms with Crippen LogP contribution in [0.3, 0.4) is 0 Å². The van der Waals surface area contributed by atoms with Crippen molar-refractivity contribution in [3.8, 4) is 0 Å². The summed E-state index contributed by atoms with van der Waals surface area (Å²) in [6.45, 7) is 1.99. The Morgan fingerprint density at radius 3 is 2.46 bits per heavy atom. The summed E-state index contributed by atoms with van der Waals surface area (Å²) < 4.78 is 5.83. The molecule has 2 N–H and O–H groups in total. The molecule has 136 valence electrons. The van der Waals surface area contributed by atoms with Crippen LogP contribution in [0.25, 0.3) is 0 Å². The molecule has 1 aromatic carbocycles. The Labute approximate surface area is 153 Å². The zero-order chi connectivity index (χ0) is 18.3. The molecule has 0 spiro atoms. The first-order valence-electron chi connectivity index (χ1n) is 9.31. The maximum Gasteiger partial charge on any atom is 0.286 e. The van der Waals surface area contributed by atoms with Gasteiger partial charge in [-0.1, -0.05) is 43.7 Å². The zero-order valence-corrected chi connectivity index (χ0v) is 15.1. The first kappa shape index (κ1) is 16.9. The van der Waals surface area contributed by atoms with Gasteiger partial charge >= 0.3 is 0 Å². The standard InChI is InChI=1S/C21H24N2O3/c1-12(13-7-4-3-5-8-13)19-16(11-17(26-19)21(25)22-2)20(24)23-18-14-9-6-10-15(14)18/h3-5,7-8,11-12,14-15,18H,6,9-10H2,1-2H3,(H,22,25)(H,23,24). The predicted octanol–water partition coefficient (Wildman–Crippen LogP) is 3.32. The highest BCUT2D eigenvalue weighted by Crippen LogP contribution is 2.52. The number of rotatable bonds is 5. The van der Waals surface area contributed by atoms with Crippen LogP contribution in [-0.2, 0) is 0 Å². The Morgan fingerprint density at radius 2 is 1.81 bits per heavy atom. The van der Waals surface area contributed by atoms with Crippen molar-refractivity contribution in [2.75, 3.05) is 7.05 Å². The van der Waals surface area contributed by atoms with Crippen molar-refractivity contribution in [3.05, 3.63) is 59.0 Å². The van der Waals surface area contributed by atoms with E-state index in [1.807, 2.05) is 37.3 Å². The van der Waals surface area contributed by atoms with Gasteiger partial charge in [0.05, 0.1) is 5.56 Å². The minimum atomic E-state index is -0.325. The van der Waals surface area contributed by atoms with Gasteiger partial charge in [0.25, 0.3) is 11.8 Å². The number of benzene rings is 1. The van der Waals surface area contributed by atoms with E-state index in [1.165, 1.54) is 19.3 Å². The Hall–Kier alpha value is -2.56. The fourth-order valence-electron chi connectivity index (χ4n) is 4.30. The largest absolute Gasteiger partial charge is 0.454 e. The molecule has 4 rings (SSSR count). The molecule has 0 saturated heterocycles. The van der Waals surface area contributed by atoms with Crippen LogP contribution in [0.4, 0.5) is 0 Å². The fraction of sp³-hybridized carbons (Fsp3) is 0.429. The second-order valence-electron chi connectivity index (χ2n) is 7.36. The lowest BCUT2D eigenvalue weighted by Gasteiger charge is -2.12. The molecule has 0 radical (unpaired) electrons. The zero-order valence-electron chi connectivity index (χ0n) is 15.1. The number of nitrogens with one attached hydrogen (secondary N) is 2. The van der Waals surface area contributed by atoms with Crippen LogP contribution in [-0.4, -0.2) is 24.9 Å². The molecule has 1 aromatic heterocycles. The van der Waals surface area contributed by atoms with Crippen molar-refractivity contribution in [1.29, 1.82) is 0 Å². The van der Waals surface area contributed by atoms with Gasteiger partial charge in [-0.2, -0.15) is 0 Å². The number of furan rings is 1. The first-order chi connectivity index (χ1) is 12.6. The molecule has 2 amide bonds. The minimum absolute atomic E-state index is 0.117. The van der Waals surface area contributed by atoms with Crippen molar-refractivity contribution >= 4 is 11.8 Å². The molecule has 3 unspecified atom stereocenters. The van der Waals surface area contributed by atoms with Crippen molar-refractivity contribution in [2.24, 2.45) is 11.8 Å². The molecule has 0 aliphatic heterocycles. The summed E-state index contributed by atoms with van der Waals surface area (Å²) in [6, 6.07) is 11.7. The van der Waals surface area contributed by atoms with Gasteiger partial charge in [-0.25, -0.2) is 0 Å². The van der Waals surface area contributed by atoms with E-state index in [9.17, 15) is 9.59 Å². The lowest BCUT2D eigenvalue weighted by Crippen LogP contribution is -2.29. The van der Waals surface area contributed by atoms with Crippen LogP contribution in [0.2, 0.25) is 0 Å². The number of amides is 2. The van der Waals surface area contributed by atoms with Crippen LogP contribution in [0, 0.1) is 11.8 Å². The van der Waals surface area contributed by atoms with Gasteiger partial charge in [0.2, 0.25) is 0 Å². The van der Waals surface area contributed by atoms with E-state index in [0.717, 1.165) is 5.56 Å². The Balaban J connectivity index is 1.62. The molecular weight excluding hydrogens is 328 g/mol. The SMILES string of the molecule is CNC(=O)c1cc(C(=O)NC2C3CCCC32)c(C(C)c2ccccc2)o1. The molecule has 2 aliphatic rings. The summed E-state index contributed by atoms with van der Waals surface area (Å²) >= 11 is 0. The number of hydrogen-bond acceptors (Lipinski definition) is 3. The number of carbonyl (C=O) groups is 2. The predicted molar refractivity (Wildman–Crippen MR) is 98.1 cm³/mol. The van der Waals surface area contributed by atoms with Crippen molar-refractivity contribution in [2.45, 2.75) is 38.1 Å². The summed E-state index contributed by atoms with van der Waals surface area (Å²) in [7, 11) is 1.55. The Bertz CT molecular complexity index is 817. The van der Waals surface area contributed by atoms with E-state index < -0.39 is 0 Å². The molecular formula is C21H24N2O3. The molecule has 3 atom stereocenters. The fourth-order valence-corrected chi connectivity index (χ4v) is 4.30. The highest BCUT2D eigenvalue weighted by molar-refractivity contribution is 5.99. The number of hydrogen-bond donors (Lipinski definition) is 2. The second-order valence-corrected chi connectivity index (χ2v) is 7.36. The van der Waals surface area contributed by atoms with Crippen molar-refractivity contribution in [1.82, 2.24) is 10.6 Å². The van der Waals surface area contributed by atoms with Gasteiger partial charge in [0, 0.05) is 25.1 Å². The highest BCUT2D eigenvalue weighted by Gasteiger charge is 2.53. The highest BCUT2D eigenvalue weighted by atomic mass is 16.4. The summed E-state index contributed by atoms with van der Waals surface area (Å²) in [6.07, 6.45) is 3.68. The van der Waals surface area contributed by atoms with Gasteiger partial charge in [-0.05, 0) is 30.2 Å². The lowest BCUT2D eigenvalue weighted by molar-refractivity contribution is 0.0927. The van der Waals surface area contributed by atoms with Gasteiger partial charge in [-0.3, -0.25) is 9.59 Å². The minimum Gasteiger partial charge on any atom is -0.454 e. The Kier molecular flexibility index (Phi) is 4.31. The van der Waals surface area contributed by atoms with Crippen LogP contribution >= 0.6 is 0 Å². The van der Waals surface area contributed by atoms with Crippen molar-refractivity contribution < 1.29 is 14.0 Å². The van der Waals surface area contributed by atoms with E-state index >= 15 is 0 Å². The van der Waals surface area contributed by atoms with E-state index in [4.69, 9.17) is 4.42 Å². The lowest BCUT2D eigenvalue weighted by atomic mass is 9.96. The topological polar surface area (TPSA) is 71.3 Å². The Morgan fingerprint density at radius 1 is 1.12 bits per heavy atom. The first-order valence-corrected chi connectivity index (χ1v) is 9.31. The molecule has 2 fully saturated rings. The van der Waals surface area contributed by atoms with Gasteiger partial charge < -0.3 is 15.1 Å². The molecule has 2 aliphatic carbocycles. The summed E-state index contributed by atoms with van der Waals surface area (Å²) in [5, 5.41) is 5.72. The monoisotopic (exact) mass is 352 g/mol. The number of fused-ring (bicyclic) bond motifs is 1.